The van der Waals surface area contributed by atoms with Crippen molar-refractivity contribution in [1.29, 1.82) is 0 Å². The summed E-state index contributed by atoms with van der Waals surface area (Å²) in [7, 11) is 1.63. The third-order valence-corrected chi connectivity index (χ3v) is 6.98. The molecule has 1 amide bonds. The van der Waals surface area contributed by atoms with E-state index >= 15 is 0 Å². The minimum absolute atomic E-state index is 0.00917. The average molecular weight is 412 g/mol. The highest BCUT2D eigenvalue weighted by molar-refractivity contribution is 8.19. The molecule has 2 aromatic rings. The molecule has 0 aromatic heterocycles. The number of fused-ring (bicyclic) bond motifs is 1. The number of methoxy groups -OCH3 is 1. The summed E-state index contributed by atoms with van der Waals surface area (Å²) < 4.78 is 5.41. The first-order chi connectivity index (χ1) is 13.7. The molecular formula is C21H21N3O2S2. The monoisotopic (exact) mass is 411 g/mol. The Hall–Kier alpha value is -2.38. The van der Waals surface area contributed by atoms with Crippen molar-refractivity contribution in [3.8, 4) is 5.75 Å². The van der Waals surface area contributed by atoms with E-state index in [4.69, 9.17) is 9.73 Å². The first-order valence-electron chi connectivity index (χ1n) is 9.18. The molecule has 0 spiro atoms. The molecule has 1 saturated heterocycles. The van der Waals surface area contributed by atoms with Crippen LogP contribution in [0.1, 0.15) is 13.8 Å². The maximum absolute atomic E-state index is 13.2. The summed E-state index contributed by atoms with van der Waals surface area (Å²) in [5.41, 5.74) is 1.88. The van der Waals surface area contributed by atoms with Crippen LogP contribution in [-0.4, -0.2) is 36.2 Å². The number of amidine groups is 1. The van der Waals surface area contributed by atoms with Crippen LogP contribution in [0.3, 0.4) is 0 Å². The molecule has 2 heterocycles. The summed E-state index contributed by atoms with van der Waals surface area (Å²) in [6, 6.07) is 15.9. The third kappa shape index (κ3) is 3.18. The predicted molar refractivity (Wildman–Crippen MR) is 117 cm³/mol. The van der Waals surface area contributed by atoms with Gasteiger partial charge in [-0.05, 0) is 49.9 Å². The summed E-state index contributed by atoms with van der Waals surface area (Å²) in [6.45, 7) is 5.45. The van der Waals surface area contributed by atoms with Gasteiger partial charge in [0.05, 0.1) is 12.8 Å². The molecule has 4 rings (SSSR count). The summed E-state index contributed by atoms with van der Waals surface area (Å²) >= 11 is 3.10. The van der Waals surface area contributed by atoms with Gasteiger partial charge in [-0.2, -0.15) is 0 Å². The first kappa shape index (κ1) is 19.0. The Labute approximate surface area is 173 Å². The lowest BCUT2D eigenvalue weighted by Gasteiger charge is -2.19. The fourth-order valence-electron chi connectivity index (χ4n) is 3.24. The van der Waals surface area contributed by atoms with Crippen molar-refractivity contribution in [1.82, 2.24) is 4.90 Å². The van der Waals surface area contributed by atoms with E-state index < -0.39 is 0 Å². The number of thioether (sulfide) groups is 2. The molecule has 1 fully saturated rings. The number of carbonyl (C=O) groups is 1. The van der Waals surface area contributed by atoms with Crippen molar-refractivity contribution in [2.75, 3.05) is 25.1 Å². The number of aliphatic imine (C=N–C) groups is 1. The van der Waals surface area contributed by atoms with Crippen LogP contribution < -0.4 is 9.64 Å². The summed E-state index contributed by atoms with van der Waals surface area (Å²) in [4.78, 5) is 23.8. The summed E-state index contributed by atoms with van der Waals surface area (Å²) in [5.74, 6) is 0.702. The van der Waals surface area contributed by atoms with E-state index in [1.54, 1.807) is 23.8 Å². The standard InChI is InChI=1S/C21H21N3O2S2/c1-4-23-15-11-7-9-13-17(15)27-20(23)18-19(25)24(5-2)21(28-18)22-14-10-6-8-12-16(14)26-3/h6-13H,4-5H2,1-3H3. The van der Waals surface area contributed by atoms with Gasteiger partial charge >= 0.3 is 0 Å². The number of anilines is 1. The zero-order valence-electron chi connectivity index (χ0n) is 16.0. The van der Waals surface area contributed by atoms with Crippen LogP contribution in [0.4, 0.5) is 11.4 Å². The molecule has 2 aromatic carbocycles. The zero-order chi connectivity index (χ0) is 19.7. The van der Waals surface area contributed by atoms with Crippen LogP contribution >= 0.6 is 23.5 Å². The highest BCUT2D eigenvalue weighted by Crippen LogP contribution is 2.50. The van der Waals surface area contributed by atoms with Crippen LogP contribution in [-0.2, 0) is 4.79 Å². The Morgan fingerprint density at radius 3 is 2.43 bits per heavy atom. The number of hydrogen-bond acceptors (Lipinski definition) is 6. The highest BCUT2D eigenvalue weighted by Gasteiger charge is 2.39. The lowest BCUT2D eigenvalue weighted by Crippen LogP contribution is -2.29. The predicted octanol–water partition coefficient (Wildman–Crippen LogP) is 5.08. The molecule has 0 saturated carbocycles. The van der Waals surface area contributed by atoms with E-state index in [9.17, 15) is 4.79 Å². The highest BCUT2D eigenvalue weighted by atomic mass is 32.2. The molecule has 144 valence electrons. The topological polar surface area (TPSA) is 45.1 Å². The summed E-state index contributed by atoms with van der Waals surface area (Å²) in [6.07, 6.45) is 0. The Morgan fingerprint density at radius 2 is 1.68 bits per heavy atom. The number of para-hydroxylation sites is 3. The van der Waals surface area contributed by atoms with Gasteiger partial charge in [-0.3, -0.25) is 9.69 Å². The van der Waals surface area contributed by atoms with Gasteiger partial charge in [-0.1, -0.05) is 36.0 Å². The van der Waals surface area contributed by atoms with Crippen LogP contribution in [0.25, 0.3) is 0 Å². The van der Waals surface area contributed by atoms with Crippen molar-refractivity contribution in [2.45, 2.75) is 18.7 Å². The van der Waals surface area contributed by atoms with Gasteiger partial charge < -0.3 is 9.64 Å². The molecule has 2 aliphatic rings. The molecule has 0 unspecified atom stereocenters. The Bertz CT molecular complexity index is 987. The fourth-order valence-corrected chi connectivity index (χ4v) is 5.69. The average Bonchev–Trinajstić information content (AvgIpc) is 3.25. The molecule has 7 heteroatoms. The van der Waals surface area contributed by atoms with E-state index in [1.165, 1.54) is 16.7 Å². The van der Waals surface area contributed by atoms with Gasteiger partial charge in [0.1, 0.15) is 21.4 Å². The molecule has 0 aliphatic carbocycles. The quantitative estimate of drug-likeness (QED) is 0.657. The third-order valence-electron chi connectivity index (χ3n) is 4.60. The Balaban J connectivity index is 1.76. The van der Waals surface area contributed by atoms with Crippen molar-refractivity contribution >= 4 is 46.0 Å². The second-order valence-corrected chi connectivity index (χ2v) is 8.17. The van der Waals surface area contributed by atoms with E-state index in [2.05, 4.69) is 24.0 Å². The number of carbonyl (C=O) groups excluding carboxylic acids is 1. The number of benzene rings is 2. The van der Waals surface area contributed by atoms with E-state index in [1.807, 2.05) is 43.3 Å². The minimum Gasteiger partial charge on any atom is -0.494 e. The molecule has 28 heavy (non-hydrogen) atoms. The van der Waals surface area contributed by atoms with Crippen LogP contribution in [0, 0.1) is 0 Å². The van der Waals surface area contributed by atoms with Gasteiger partial charge in [0.25, 0.3) is 5.91 Å². The Kier molecular flexibility index (Phi) is 5.37. The summed E-state index contributed by atoms with van der Waals surface area (Å²) in [5, 5.41) is 1.68. The number of hydrogen-bond donors (Lipinski definition) is 0. The van der Waals surface area contributed by atoms with Crippen LogP contribution in [0.15, 0.2) is 68.4 Å². The number of likely N-dealkylation sites (N-methyl/N-ethyl adjacent to an activating group) is 1. The van der Waals surface area contributed by atoms with E-state index in [-0.39, 0.29) is 5.91 Å². The van der Waals surface area contributed by atoms with Crippen LogP contribution in [0.2, 0.25) is 0 Å². The minimum atomic E-state index is 0.00917. The van der Waals surface area contributed by atoms with Gasteiger partial charge in [0.2, 0.25) is 0 Å². The molecule has 0 radical (unpaired) electrons. The van der Waals surface area contributed by atoms with Gasteiger partial charge in [0, 0.05) is 18.0 Å². The second kappa shape index (κ2) is 7.93. The van der Waals surface area contributed by atoms with E-state index in [0.717, 1.165) is 27.9 Å². The normalized spacial score (nSPS) is 20.2. The zero-order valence-corrected chi connectivity index (χ0v) is 17.6. The smallest absolute Gasteiger partial charge is 0.269 e. The van der Waals surface area contributed by atoms with Gasteiger partial charge in [-0.25, -0.2) is 4.99 Å². The maximum Gasteiger partial charge on any atom is 0.269 e. The SMILES string of the molecule is CCN1C(=O)C(=C2Sc3ccccc3N2CC)SC1=Nc1ccccc1OC. The maximum atomic E-state index is 13.2. The molecule has 0 N–H and O–H groups in total. The first-order valence-corrected chi connectivity index (χ1v) is 10.8. The lowest BCUT2D eigenvalue weighted by atomic mass is 10.3. The fraction of sp³-hybridized carbons (Fsp3) is 0.238. The van der Waals surface area contributed by atoms with Crippen LogP contribution in [0.5, 0.6) is 5.75 Å². The van der Waals surface area contributed by atoms with Gasteiger partial charge in [0.15, 0.2) is 5.17 Å². The lowest BCUT2D eigenvalue weighted by molar-refractivity contribution is -0.122. The number of amides is 1. The number of nitrogens with zero attached hydrogens (tertiary/aromatic N) is 3. The van der Waals surface area contributed by atoms with Crippen molar-refractivity contribution in [3.63, 3.8) is 0 Å². The molecule has 5 nitrogen and oxygen atoms in total. The van der Waals surface area contributed by atoms with Gasteiger partial charge in [-0.15, -0.1) is 0 Å². The van der Waals surface area contributed by atoms with E-state index in [0.29, 0.717) is 17.5 Å². The second-order valence-electron chi connectivity index (χ2n) is 6.17. The number of rotatable bonds is 4. The van der Waals surface area contributed by atoms with Crippen molar-refractivity contribution in [3.05, 3.63) is 58.5 Å². The largest absolute Gasteiger partial charge is 0.494 e. The molecule has 2 aliphatic heterocycles. The molecular weight excluding hydrogens is 390 g/mol. The number of ether oxygens (including phenoxy) is 1. The molecule has 0 bridgehead atoms. The van der Waals surface area contributed by atoms with Crippen molar-refractivity contribution in [2.24, 2.45) is 4.99 Å². The Morgan fingerprint density at radius 1 is 0.964 bits per heavy atom. The molecule has 0 atom stereocenters. The van der Waals surface area contributed by atoms with Crippen molar-refractivity contribution < 1.29 is 9.53 Å².